The topological polar surface area (TPSA) is 82.6 Å². The average molecular weight is 419 g/mol. The number of halogens is 3. The van der Waals surface area contributed by atoms with E-state index in [0.29, 0.717) is 17.5 Å². The summed E-state index contributed by atoms with van der Waals surface area (Å²) in [6.45, 7) is 0. The first kappa shape index (κ1) is 20.9. The molecule has 0 spiro atoms. The van der Waals surface area contributed by atoms with Gasteiger partial charge in [-0.05, 0) is 24.3 Å². The van der Waals surface area contributed by atoms with Crippen molar-refractivity contribution in [2.45, 2.75) is 6.18 Å². The normalized spacial score (nSPS) is 11.0. The third kappa shape index (κ3) is 4.77. The first-order chi connectivity index (χ1) is 14.3. The second kappa shape index (κ2) is 8.68. The van der Waals surface area contributed by atoms with Crippen molar-refractivity contribution in [1.82, 2.24) is 9.97 Å². The number of hydrogen-bond donors (Lipinski definition) is 1. The smallest absolute Gasteiger partial charge is 0.433 e. The summed E-state index contributed by atoms with van der Waals surface area (Å²) in [5, 5.41) is 2.54. The van der Waals surface area contributed by atoms with E-state index in [9.17, 15) is 18.0 Å². The van der Waals surface area contributed by atoms with Gasteiger partial charge < -0.3 is 19.5 Å². The first-order valence-electron chi connectivity index (χ1n) is 8.50. The fraction of sp³-hybridized carbons (Fsp3) is 0.150. The summed E-state index contributed by atoms with van der Waals surface area (Å²) in [6.07, 6.45) is -1.01. The number of pyridine rings is 2. The van der Waals surface area contributed by atoms with Crippen LogP contribution in [0.5, 0.6) is 23.0 Å². The number of ether oxygens (including phenoxy) is 3. The summed E-state index contributed by atoms with van der Waals surface area (Å²) >= 11 is 0. The number of rotatable bonds is 6. The molecule has 1 amide bonds. The predicted molar refractivity (Wildman–Crippen MR) is 101 cm³/mol. The second-order valence-electron chi connectivity index (χ2n) is 5.88. The Balaban J connectivity index is 2.01. The van der Waals surface area contributed by atoms with Gasteiger partial charge in [-0.3, -0.25) is 14.8 Å². The molecule has 0 saturated heterocycles. The van der Waals surface area contributed by atoms with Crippen molar-refractivity contribution in [3.63, 3.8) is 0 Å². The number of alkyl halides is 3. The van der Waals surface area contributed by atoms with Crippen molar-refractivity contribution in [3.8, 4) is 23.0 Å². The highest BCUT2D eigenvalue weighted by Gasteiger charge is 2.34. The van der Waals surface area contributed by atoms with Gasteiger partial charge in [0.1, 0.15) is 22.8 Å². The van der Waals surface area contributed by atoms with E-state index < -0.39 is 17.8 Å². The molecule has 3 rings (SSSR count). The molecule has 2 heterocycles. The van der Waals surface area contributed by atoms with Gasteiger partial charge in [-0.15, -0.1) is 0 Å². The van der Waals surface area contributed by atoms with Gasteiger partial charge in [0.05, 0.1) is 26.1 Å². The maximum atomic E-state index is 13.2. The van der Waals surface area contributed by atoms with Crippen molar-refractivity contribution in [2.75, 3.05) is 19.5 Å². The molecule has 156 valence electrons. The molecule has 2 aromatic heterocycles. The molecular formula is C20H16F3N3O4. The van der Waals surface area contributed by atoms with Crippen molar-refractivity contribution < 1.29 is 32.2 Å². The molecule has 0 aliphatic rings. The van der Waals surface area contributed by atoms with E-state index in [1.807, 2.05) is 0 Å². The number of aromatic nitrogens is 2. The standard InChI is InChI=1S/C20H16F3N3O4/c1-28-13-5-6-15(17(8-13)29-2)30-16-9-18(20(21,22)23)25-11-14(16)19(27)26-12-4-3-7-24-10-12/h3-11H,1-2H3,(H,26,27). The van der Waals surface area contributed by atoms with Crippen molar-refractivity contribution in [3.05, 3.63) is 66.2 Å². The molecule has 3 aromatic rings. The Morgan fingerprint density at radius 1 is 1.00 bits per heavy atom. The lowest BCUT2D eigenvalue weighted by atomic mass is 10.2. The Kier molecular flexibility index (Phi) is 6.05. The summed E-state index contributed by atoms with van der Waals surface area (Å²) in [5.41, 5.74) is -1.05. The van der Waals surface area contributed by atoms with E-state index in [-0.39, 0.29) is 22.8 Å². The zero-order valence-corrected chi connectivity index (χ0v) is 15.9. The van der Waals surface area contributed by atoms with Crippen LogP contribution < -0.4 is 19.5 Å². The van der Waals surface area contributed by atoms with Gasteiger partial charge in [0, 0.05) is 24.5 Å². The van der Waals surface area contributed by atoms with Crippen LogP contribution in [0.4, 0.5) is 18.9 Å². The largest absolute Gasteiger partial charge is 0.497 e. The Morgan fingerprint density at radius 2 is 1.80 bits per heavy atom. The molecule has 0 aliphatic carbocycles. The number of carbonyl (C=O) groups excluding carboxylic acids is 1. The molecule has 0 bridgehead atoms. The lowest BCUT2D eigenvalue weighted by molar-refractivity contribution is -0.141. The predicted octanol–water partition coefficient (Wildman–Crippen LogP) is 4.56. The van der Waals surface area contributed by atoms with E-state index in [4.69, 9.17) is 14.2 Å². The summed E-state index contributed by atoms with van der Waals surface area (Å²) in [7, 11) is 2.82. The molecule has 1 aromatic carbocycles. The van der Waals surface area contributed by atoms with Crippen LogP contribution in [-0.4, -0.2) is 30.1 Å². The Hall–Kier alpha value is -3.82. The lowest BCUT2D eigenvalue weighted by Crippen LogP contribution is -2.16. The molecule has 0 aliphatic heterocycles. The number of methoxy groups -OCH3 is 2. The quantitative estimate of drug-likeness (QED) is 0.631. The Bertz CT molecular complexity index is 1040. The van der Waals surface area contributed by atoms with Gasteiger partial charge in [0.2, 0.25) is 0 Å². The van der Waals surface area contributed by atoms with Crippen LogP contribution in [-0.2, 0) is 6.18 Å². The van der Waals surface area contributed by atoms with E-state index in [1.165, 1.54) is 38.7 Å². The average Bonchev–Trinajstić information content (AvgIpc) is 2.74. The van der Waals surface area contributed by atoms with Crippen molar-refractivity contribution >= 4 is 11.6 Å². The highest BCUT2D eigenvalue weighted by atomic mass is 19.4. The van der Waals surface area contributed by atoms with Gasteiger partial charge in [0.15, 0.2) is 11.5 Å². The summed E-state index contributed by atoms with van der Waals surface area (Å²) in [5.74, 6) is -0.306. The van der Waals surface area contributed by atoms with Crippen LogP contribution in [0.15, 0.2) is 55.0 Å². The maximum Gasteiger partial charge on any atom is 0.433 e. The van der Waals surface area contributed by atoms with Gasteiger partial charge in [-0.2, -0.15) is 13.2 Å². The highest BCUT2D eigenvalue weighted by Crippen LogP contribution is 2.38. The first-order valence-corrected chi connectivity index (χ1v) is 8.50. The van der Waals surface area contributed by atoms with Crippen LogP contribution in [0, 0.1) is 0 Å². The molecule has 10 heteroatoms. The molecule has 7 nitrogen and oxygen atoms in total. The van der Waals surface area contributed by atoms with Crippen LogP contribution in [0.25, 0.3) is 0 Å². The van der Waals surface area contributed by atoms with E-state index in [1.54, 1.807) is 18.2 Å². The molecule has 0 radical (unpaired) electrons. The van der Waals surface area contributed by atoms with Gasteiger partial charge in [-0.1, -0.05) is 0 Å². The lowest BCUT2D eigenvalue weighted by Gasteiger charge is -2.16. The Morgan fingerprint density at radius 3 is 2.43 bits per heavy atom. The molecular weight excluding hydrogens is 403 g/mol. The SMILES string of the molecule is COc1ccc(Oc2cc(C(F)(F)F)ncc2C(=O)Nc2cccnc2)c(OC)c1. The van der Waals surface area contributed by atoms with Gasteiger partial charge in [0.25, 0.3) is 5.91 Å². The number of hydrogen-bond acceptors (Lipinski definition) is 6. The number of nitrogens with zero attached hydrogens (tertiary/aromatic N) is 2. The zero-order valence-electron chi connectivity index (χ0n) is 15.9. The second-order valence-corrected chi connectivity index (χ2v) is 5.88. The van der Waals surface area contributed by atoms with E-state index in [0.717, 1.165) is 6.20 Å². The van der Waals surface area contributed by atoms with Crippen molar-refractivity contribution in [2.24, 2.45) is 0 Å². The molecule has 30 heavy (non-hydrogen) atoms. The van der Waals surface area contributed by atoms with Crippen LogP contribution in [0.3, 0.4) is 0 Å². The number of amides is 1. The summed E-state index contributed by atoms with van der Waals surface area (Å²) in [6, 6.07) is 8.32. The third-order valence-corrected chi connectivity index (χ3v) is 3.91. The molecule has 0 saturated carbocycles. The molecule has 0 fully saturated rings. The van der Waals surface area contributed by atoms with Gasteiger partial charge in [-0.25, -0.2) is 0 Å². The number of carbonyl (C=O) groups is 1. The van der Waals surface area contributed by atoms with Gasteiger partial charge >= 0.3 is 6.18 Å². The molecule has 0 atom stereocenters. The fourth-order valence-electron chi connectivity index (χ4n) is 2.46. The number of anilines is 1. The summed E-state index contributed by atoms with van der Waals surface area (Å²) in [4.78, 5) is 19.9. The van der Waals surface area contributed by atoms with E-state index in [2.05, 4.69) is 15.3 Å². The van der Waals surface area contributed by atoms with Crippen LogP contribution >= 0.6 is 0 Å². The minimum Gasteiger partial charge on any atom is -0.497 e. The number of nitrogens with one attached hydrogen (secondary N) is 1. The summed E-state index contributed by atoms with van der Waals surface area (Å²) < 4.78 is 55.4. The number of benzene rings is 1. The van der Waals surface area contributed by atoms with E-state index >= 15 is 0 Å². The van der Waals surface area contributed by atoms with Crippen molar-refractivity contribution in [1.29, 1.82) is 0 Å². The monoisotopic (exact) mass is 419 g/mol. The van der Waals surface area contributed by atoms with Crippen LogP contribution in [0.2, 0.25) is 0 Å². The van der Waals surface area contributed by atoms with Crippen LogP contribution in [0.1, 0.15) is 16.1 Å². The maximum absolute atomic E-state index is 13.2. The molecule has 0 unspecified atom stereocenters. The minimum atomic E-state index is -4.72. The zero-order chi connectivity index (χ0) is 21.7. The Labute approximate surface area is 169 Å². The highest BCUT2D eigenvalue weighted by molar-refractivity contribution is 6.06. The minimum absolute atomic E-state index is 0.0908. The fourth-order valence-corrected chi connectivity index (χ4v) is 2.46. The molecule has 1 N–H and O–H groups in total. The third-order valence-electron chi connectivity index (χ3n) is 3.91.